The van der Waals surface area contributed by atoms with E-state index >= 15 is 0 Å². The summed E-state index contributed by atoms with van der Waals surface area (Å²) in [4.78, 5) is 0. The van der Waals surface area contributed by atoms with E-state index in [-0.39, 0.29) is 5.41 Å². The number of rotatable bonds is 0. The molecule has 3 heteroatoms. The Morgan fingerprint density at radius 1 is 1.15 bits per heavy atom. The molecular formula is C10H12O2Sb. The summed E-state index contributed by atoms with van der Waals surface area (Å²) >= 11 is -0.881. The third-order valence-corrected chi connectivity index (χ3v) is 3.56. The van der Waals surface area contributed by atoms with Crippen molar-refractivity contribution >= 4 is 22.5 Å². The van der Waals surface area contributed by atoms with Gasteiger partial charge in [0.05, 0.1) is 0 Å². The minimum atomic E-state index is -0.881. The Balaban J connectivity index is 2.54. The average molecular weight is 286 g/mol. The summed E-state index contributed by atoms with van der Waals surface area (Å²) in [7, 11) is 0. The molecule has 0 aliphatic carbocycles. The van der Waals surface area contributed by atoms with Crippen molar-refractivity contribution < 1.29 is 6.03 Å². The Morgan fingerprint density at radius 3 is 2.62 bits per heavy atom. The van der Waals surface area contributed by atoms with E-state index in [2.05, 4.69) is 26.8 Å². The average Bonchev–Trinajstić information content (AvgIpc) is 2.48. The van der Waals surface area contributed by atoms with Gasteiger partial charge in [-0.2, -0.15) is 0 Å². The van der Waals surface area contributed by atoms with Gasteiger partial charge in [0.15, 0.2) is 0 Å². The number of hydrogen-bond donors (Lipinski definition) is 0. The first kappa shape index (κ1) is 9.20. The van der Waals surface area contributed by atoms with Gasteiger partial charge >= 0.3 is 89.9 Å². The second-order valence-corrected chi connectivity index (χ2v) is 5.61. The van der Waals surface area contributed by atoms with E-state index in [1.165, 1.54) is 5.56 Å². The normalized spacial score (nSPS) is 14.7. The van der Waals surface area contributed by atoms with Crippen molar-refractivity contribution in [1.82, 2.24) is 0 Å². The molecule has 0 atom stereocenters. The Morgan fingerprint density at radius 2 is 1.92 bits per heavy atom. The number of fused-ring (bicyclic) bond motifs is 1. The summed E-state index contributed by atoms with van der Waals surface area (Å²) in [5.41, 5.74) is 1.38. The van der Waals surface area contributed by atoms with Gasteiger partial charge in [0.25, 0.3) is 0 Å². The van der Waals surface area contributed by atoms with E-state index < -0.39 is 22.5 Å². The van der Waals surface area contributed by atoms with Gasteiger partial charge in [0.2, 0.25) is 0 Å². The third kappa shape index (κ3) is 1.64. The monoisotopic (exact) mass is 285 g/mol. The molecule has 0 saturated heterocycles. The molecule has 1 aromatic carbocycles. The zero-order valence-corrected chi connectivity index (χ0v) is 10.5. The van der Waals surface area contributed by atoms with Gasteiger partial charge in [-0.05, 0) is 0 Å². The fourth-order valence-electron chi connectivity index (χ4n) is 1.37. The summed E-state index contributed by atoms with van der Waals surface area (Å²) in [5.74, 6) is 1.91. The second kappa shape index (κ2) is 3.09. The van der Waals surface area contributed by atoms with Crippen molar-refractivity contribution in [2.45, 2.75) is 26.2 Å². The third-order valence-electron chi connectivity index (χ3n) is 2.05. The molecule has 1 aliphatic rings. The van der Waals surface area contributed by atoms with Crippen molar-refractivity contribution in [2.24, 2.45) is 0 Å². The van der Waals surface area contributed by atoms with Crippen LogP contribution in [0.2, 0.25) is 0 Å². The summed E-state index contributed by atoms with van der Waals surface area (Å²) in [6.45, 7) is 6.56. The van der Waals surface area contributed by atoms with Crippen LogP contribution in [0.1, 0.15) is 26.3 Å². The fourth-order valence-corrected chi connectivity index (χ4v) is 2.86. The maximum atomic E-state index is 5.58. The van der Waals surface area contributed by atoms with Crippen molar-refractivity contribution in [1.29, 1.82) is 0 Å². The van der Waals surface area contributed by atoms with Crippen LogP contribution in [0.15, 0.2) is 18.2 Å². The Hall–Kier alpha value is -0.362. The van der Waals surface area contributed by atoms with Gasteiger partial charge in [0, 0.05) is 0 Å². The van der Waals surface area contributed by atoms with Crippen LogP contribution in [0.3, 0.4) is 0 Å². The van der Waals surface area contributed by atoms with Crippen LogP contribution in [0.25, 0.3) is 0 Å². The first-order chi connectivity index (χ1) is 6.09. The van der Waals surface area contributed by atoms with Crippen LogP contribution >= 0.6 is 0 Å². The quantitative estimate of drug-likeness (QED) is 0.681. The molecule has 0 saturated carbocycles. The zero-order chi connectivity index (χ0) is 9.47. The predicted molar refractivity (Wildman–Crippen MR) is 52.2 cm³/mol. The maximum absolute atomic E-state index is 5.58. The summed E-state index contributed by atoms with van der Waals surface area (Å²) in [5, 5.41) is 0. The van der Waals surface area contributed by atoms with Crippen LogP contribution < -0.4 is 6.03 Å². The molecule has 69 valence electrons. The zero-order valence-electron chi connectivity index (χ0n) is 8.00. The molecule has 0 spiro atoms. The molecule has 0 N–H and O–H groups in total. The van der Waals surface area contributed by atoms with E-state index in [9.17, 15) is 0 Å². The summed E-state index contributed by atoms with van der Waals surface area (Å²) in [6, 6.07) is 6.13. The molecule has 1 heterocycles. The van der Waals surface area contributed by atoms with Crippen LogP contribution in [0.5, 0.6) is 11.5 Å². The topological polar surface area (TPSA) is 18.5 Å². The van der Waals surface area contributed by atoms with Crippen molar-refractivity contribution in [3.63, 3.8) is 0 Å². The molecule has 0 fully saturated rings. The van der Waals surface area contributed by atoms with Crippen LogP contribution in [0.4, 0.5) is 0 Å². The van der Waals surface area contributed by atoms with Crippen LogP contribution in [0, 0.1) is 0 Å². The van der Waals surface area contributed by atoms with Crippen molar-refractivity contribution in [2.75, 3.05) is 0 Å². The van der Waals surface area contributed by atoms with Gasteiger partial charge < -0.3 is 0 Å². The van der Waals surface area contributed by atoms with E-state index in [1.54, 1.807) is 0 Å². The van der Waals surface area contributed by atoms with E-state index in [1.807, 2.05) is 12.1 Å². The van der Waals surface area contributed by atoms with Crippen molar-refractivity contribution in [3.8, 4) is 11.5 Å². The van der Waals surface area contributed by atoms with Crippen LogP contribution in [-0.4, -0.2) is 22.5 Å². The van der Waals surface area contributed by atoms with Crippen molar-refractivity contribution in [3.05, 3.63) is 23.8 Å². The number of hydrogen-bond acceptors (Lipinski definition) is 2. The standard InChI is InChI=1S/C10H14O2.Sb/c1-10(2,3)7-5-4-6-8(11)9(7)12;/h4-6,11-12H,1-3H3;/q;+2/p-2. The SMILES string of the molecule is CC(C)(C)c1cccc2c1[O][Sb][O]2. The first-order valence-electron chi connectivity index (χ1n) is 4.27. The number of para-hydroxylation sites is 1. The first-order valence-corrected chi connectivity index (χ1v) is 6.35. The minimum absolute atomic E-state index is 0.134. The van der Waals surface area contributed by atoms with Gasteiger partial charge in [0.1, 0.15) is 0 Å². The van der Waals surface area contributed by atoms with Crippen LogP contribution in [-0.2, 0) is 5.41 Å². The summed E-state index contributed by atoms with van der Waals surface area (Å²) < 4.78 is 11.0. The number of benzene rings is 1. The van der Waals surface area contributed by atoms with E-state index in [0.29, 0.717) is 0 Å². The molecule has 0 bridgehead atoms. The van der Waals surface area contributed by atoms with Gasteiger partial charge in [-0.15, -0.1) is 0 Å². The van der Waals surface area contributed by atoms with Gasteiger partial charge in [-0.1, -0.05) is 0 Å². The predicted octanol–water partition coefficient (Wildman–Crippen LogP) is 2.29. The molecule has 0 unspecified atom stereocenters. The van der Waals surface area contributed by atoms with E-state index in [0.717, 1.165) is 11.5 Å². The fraction of sp³-hybridized carbons (Fsp3) is 0.400. The molecule has 1 aliphatic heterocycles. The second-order valence-electron chi connectivity index (χ2n) is 4.14. The molecular weight excluding hydrogens is 274 g/mol. The Kier molecular flexibility index (Phi) is 2.19. The molecule has 0 amide bonds. The molecule has 13 heavy (non-hydrogen) atoms. The Labute approximate surface area is 89.9 Å². The molecule has 1 aromatic rings. The Bertz CT molecular complexity index is 328. The molecule has 2 nitrogen and oxygen atoms in total. The molecule has 2 rings (SSSR count). The van der Waals surface area contributed by atoms with Gasteiger partial charge in [-0.25, -0.2) is 0 Å². The molecule has 0 aromatic heterocycles. The summed E-state index contributed by atoms with van der Waals surface area (Å²) in [6.07, 6.45) is 0. The van der Waals surface area contributed by atoms with Gasteiger partial charge in [-0.3, -0.25) is 0 Å². The molecule has 1 radical (unpaired) electrons. The van der Waals surface area contributed by atoms with E-state index in [4.69, 9.17) is 6.03 Å².